The van der Waals surface area contributed by atoms with Crippen molar-refractivity contribution in [1.29, 1.82) is 0 Å². The third-order valence-electron chi connectivity index (χ3n) is 2.84. The Bertz CT molecular complexity index is 252. The fraction of sp³-hybridized carbons (Fsp3) is 0.700. The molecule has 3 N–H and O–H groups in total. The molecule has 0 amide bonds. The summed E-state index contributed by atoms with van der Waals surface area (Å²) < 4.78 is 0. The maximum atomic E-state index is 9.34. The zero-order chi connectivity index (χ0) is 9.80. The summed E-state index contributed by atoms with van der Waals surface area (Å²) in [6.07, 6.45) is 5.72. The molecule has 0 radical (unpaired) electrons. The molecule has 2 rings (SSSR count). The highest BCUT2D eigenvalue weighted by molar-refractivity contribution is 4.97. The van der Waals surface area contributed by atoms with Crippen LogP contribution in [0.25, 0.3) is 0 Å². The Balaban J connectivity index is 1.71. The summed E-state index contributed by atoms with van der Waals surface area (Å²) in [7, 11) is 0. The predicted molar refractivity (Wildman–Crippen MR) is 53.7 cm³/mol. The first-order valence-electron chi connectivity index (χ1n) is 5.24. The van der Waals surface area contributed by atoms with Crippen LogP contribution >= 0.6 is 0 Å². The van der Waals surface area contributed by atoms with E-state index in [9.17, 15) is 5.11 Å². The van der Waals surface area contributed by atoms with Crippen LogP contribution in [-0.4, -0.2) is 27.4 Å². The SMILES string of the molecule is OC1CCC(NCc2ccn[nH]2)CC1. The van der Waals surface area contributed by atoms with Crippen LogP contribution in [0.3, 0.4) is 0 Å². The minimum Gasteiger partial charge on any atom is -0.393 e. The molecule has 4 heteroatoms. The lowest BCUT2D eigenvalue weighted by molar-refractivity contribution is 0.116. The zero-order valence-electron chi connectivity index (χ0n) is 8.24. The highest BCUT2D eigenvalue weighted by atomic mass is 16.3. The van der Waals surface area contributed by atoms with E-state index in [0.717, 1.165) is 37.9 Å². The summed E-state index contributed by atoms with van der Waals surface area (Å²) >= 11 is 0. The van der Waals surface area contributed by atoms with Gasteiger partial charge in [-0.25, -0.2) is 0 Å². The van der Waals surface area contributed by atoms with E-state index in [2.05, 4.69) is 15.5 Å². The van der Waals surface area contributed by atoms with Gasteiger partial charge < -0.3 is 10.4 Å². The van der Waals surface area contributed by atoms with E-state index in [-0.39, 0.29) is 6.10 Å². The van der Waals surface area contributed by atoms with Crippen LogP contribution in [-0.2, 0) is 6.54 Å². The van der Waals surface area contributed by atoms with Gasteiger partial charge in [0.05, 0.1) is 6.10 Å². The average molecular weight is 195 g/mol. The third kappa shape index (κ3) is 2.56. The first-order chi connectivity index (χ1) is 6.84. The number of aromatic amines is 1. The van der Waals surface area contributed by atoms with Crippen molar-refractivity contribution >= 4 is 0 Å². The maximum absolute atomic E-state index is 9.34. The summed E-state index contributed by atoms with van der Waals surface area (Å²) in [5, 5.41) is 19.6. The molecule has 0 atom stereocenters. The standard InChI is InChI=1S/C10H17N3O/c14-10-3-1-8(2-4-10)11-7-9-5-6-12-13-9/h5-6,8,10-11,14H,1-4,7H2,(H,12,13). The Morgan fingerprint density at radius 3 is 2.86 bits per heavy atom. The summed E-state index contributed by atoms with van der Waals surface area (Å²) in [4.78, 5) is 0. The van der Waals surface area contributed by atoms with E-state index < -0.39 is 0 Å². The predicted octanol–water partition coefficient (Wildman–Crippen LogP) is 0.803. The topological polar surface area (TPSA) is 60.9 Å². The van der Waals surface area contributed by atoms with Crippen LogP contribution in [0.1, 0.15) is 31.4 Å². The molecule has 1 aliphatic rings. The van der Waals surface area contributed by atoms with Crippen molar-refractivity contribution in [2.75, 3.05) is 0 Å². The van der Waals surface area contributed by atoms with Gasteiger partial charge >= 0.3 is 0 Å². The van der Waals surface area contributed by atoms with Crippen LogP contribution < -0.4 is 5.32 Å². The Labute approximate surface area is 83.7 Å². The Kier molecular flexibility index (Phi) is 3.16. The zero-order valence-corrected chi connectivity index (χ0v) is 8.24. The molecule has 0 unspecified atom stereocenters. The number of rotatable bonds is 3. The maximum Gasteiger partial charge on any atom is 0.0541 e. The molecule has 1 aromatic rings. The van der Waals surface area contributed by atoms with Crippen molar-refractivity contribution in [3.63, 3.8) is 0 Å². The number of aliphatic hydroxyl groups is 1. The highest BCUT2D eigenvalue weighted by Crippen LogP contribution is 2.18. The Hall–Kier alpha value is -0.870. The number of hydrogen-bond donors (Lipinski definition) is 3. The van der Waals surface area contributed by atoms with Gasteiger partial charge in [-0.1, -0.05) is 0 Å². The first kappa shape index (κ1) is 9.68. The minimum absolute atomic E-state index is 0.0693. The minimum atomic E-state index is -0.0693. The summed E-state index contributed by atoms with van der Waals surface area (Å²) in [5.41, 5.74) is 1.12. The lowest BCUT2D eigenvalue weighted by atomic mass is 9.93. The number of hydrogen-bond acceptors (Lipinski definition) is 3. The molecule has 0 aromatic carbocycles. The van der Waals surface area contributed by atoms with E-state index in [4.69, 9.17) is 0 Å². The molecule has 1 heterocycles. The van der Waals surface area contributed by atoms with Crippen LogP contribution in [0, 0.1) is 0 Å². The average Bonchev–Trinajstić information content (AvgIpc) is 2.70. The number of aliphatic hydroxyl groups excluding tert-OH is 1. The fourth-order valence-electron chi connectivity index (χ4n) is 1.92. The smallest absolute Gasteiger partial charge is 0.0541 e. The molecule has 1 saturated carbocycles. The Morgan fingerprint density at radius 1 is 1.43 bits per heavy atom. The molecule has 0 spiro atoms. The fourth-order valence-corrected chi connectivity index (χ4v) is 1.92. The van der Waals surface area contributed by atoms with Gasteiger partial charge in [-0.3, -0.25) is 5.10 Å². The van der Waals surface area contributed by atoms with Gasteiger partial charge in [0, 0.05) is 24.5 Å². The van der Waals surface area contributed by atoms with E-state index in [1.165, 1.54) is 0 Å². The largest absolute Gasteiger partial charge is 0.393 e. The van der Waals surface area contributed by atoms with Crippen molar-refractivity contribution in [1.82, 2.24) is 15.5 Å². The van der Waals surface area contributed by atoms with Gasteiger partial charge in [0.15, 0.2) is 0 Å². The van der Waals surface area contributed by atoms with E-state index in [1.54, 1.807) is 6.20 Å². The van der Waals surface area contributed by atoms with Crippen LogP contribution in [0.2, 0.25) is 0 Å². The van der Waals surface area contributed by atoms with E-state index in [0.29, 0.717) is 6.04 Å². The Morgan fingerprint density at radius 2 is 2.21 bits per heavy atom. The second kappa shape index (κ2) is 4.57. The van der Waals surface area contributed by atoms with Crippen molar-refractivity contribution in [2.24, 2.45) is 0 Å². The molecular weight excluding hydrogens is 178 g/mol. The molecule has 1 fully saturated rings. The number of aromatic nitrogens is 2. The number of nitrogens with zero attached hydrogens (tertiary/aromatic N) is 1. The molecule has 78 valence electrons. The van der Waals surface area contributed by atoms with Crippen LogP contribution in [0.5, 0.6) is 0 Å². The first-order valence-corrected chi connectivity index (χ1v) is 5.24. The molecule has 4 nitrogen and oxygen atoms in total. The van der Waals surface area contributed by atoms with E-state index in [1.807, 2.05) is 6.07 Å². The van der Waals surface area contributed by atoms with Gasteiger partial charge in [0.25, 0.3) is 0 Å². The second-order valence-corrected chi connectivity index (χ2v) is 3.97. The van der Waals surface area contributed by atoms with Crippen molar-refractivity contribution in [3.05, 3.63) is 18.0 Å². The monoisotopic (exact) mass is 195 g/mol. The quantitative estimate of drug-likeness (QED) is 0.668. The van der Waals surface area contributed by atoms with Crippen molar-refractivity contribution < 1.29 is 5.11 Å². The molecule has 1 aliphatic carbocycles. The van der Waals surface area contributed by atoms with Crippen molar-refractivity contribution in [3.8, 4) is 0 Å². The van der Waals surface area contributed by atoms with E-state index >= 15 is 0 Å². The van der Waals surface area contributed by atoms with Crippen LogP contribution in [0.15, 0.2) is 12.3 Å². The highest BCUT2D eigenvalue weighted by Gasteiger charge is 2.18. The molecule has 0 aliphatic heterocycles. The third-order valence-corrected chi connectivity index (χ3v) is 2.84. The molecular formula is C10H17N3O. The lowest BCUT2D eigenvalue weighted by Gasteiger charge is -2.26. The van der Waals surface area contributed by atoms with Crippen LogP contribution in [0.4, 0.5) is 0 Å². The normalized spacial score (nSPS) is 27.8. The summed E-state index contributed by atoms with van der Waals surface area (Å²) in [5.74, 6) is 0. The second-order valence-electron chi connectivity index (χ2n) is 3.97. The molecule has 1 aromatic heterocycles. The number of nitrogens with one attached hydrogen (secondary N) is 2. The van der Waals surface area contributed by atoms with Gasteiger partial charge in [-0.2, -0.15) is 5.10 Å². The van der Waals surface area contributed by atoms with Crippen molar-refractivity contribution in [2.45, 2.75) is 44.4 Å². The lowest BCUT2D eigenvalue weighted by Crippen LogP contribution is -2.34. The molecule has 14 heavy (non-hydrogen) atoms. The van der Waals surface area contributed by atoms with Gasteiger partial charge in [0.1, 0.15) is 0 Å². The van der Waals surface area contributed by atoms with Gasteiger partial charge in [-0.05, 0) is 31.7 Å². The molecule has 0 bridgehead atoms. The summed E-state index contributed by atoms with van der Waals surface area (Å²) in [6, 6.07) is 2.53. The van der Waals surface area contributed by atoms with Gasteiger partial charge in [0.2, 0.25) is 0 Å². The molecule has 0 saturated heterocycles. The number of H-pyrrole nitrogens is 1. The van der Waals surface area contributed by atoms with Gasteiger partial charge in [-0.15, -0.1) is 0 Å². The summed E-state index contributed by atoms with van der Waals surface area (Å²) in [6.45, 7) is 0.848.